The highest BCUT2D eigenvalue weighted by Crippen LogP contribution is 2.35. The van der Waals surface area contributed by atoms with Gasteiger partial charge < -0.3 is 14.8 Å². The van der Waals surface area contributed by atoms with Gasteiger partial charge in [-0.25, -0.2) is 0 Å². The lowest BCUT2D eigenvalue weighted by Gasteiger charge is -2.24. The van der Waals surface area contributed by atoms with Gasteiger partial charge >= 0.3 is 12.0 Å². The average molecular weight is 351 g/mol. The first-order valence-corrected chi connectivity index (χ1v) is 7.59. The molecule has 0 aliphatic heterocycles. The Morgan fingerprint density at radius 2 is 1.88 bits per heavy atom. The summed E-state index contributed by atoms with van der Waals surface area (Å²) < 4.78 is 60.8. The molecule has 1 N–H and O–H groups in total. The summed E-state index contributed by atoms with van der Waals surface area (Å²) in [5, 5.41) is 1.85. The van der Waals surface area contributed by atoms with E-state index in [4.69, 9.17) is 4.74 Å². The average Bonchev–Trinajstić information content (AvgIpc) is 2.53. The Bertz CT molecular complexity index is 536. The van der Waals surface area contributed by atoms with E-state index in [1.54, 1.807) is 6.07 Å². The Kier molecular flexibility index (Phi) is 7.47. The van der Waals surface area contributed by atoms with E-state index in [1.165, 1.54) is 18.2 Å². The SMILES string of the molecule is CCCCCCOc1cccc(NC(=O)[C@@](F)(OC)C(F)(F)F)c1. The van der Waals surface area contributed by atoms with Crippen molar-refractivity contribution in [1.29, 1.82) is 0 Å². The summed E-state index contributed by atoms with van der Waals surface area (Å²) in [4.78, 5) is 11.6. The van der Waals surface area contributed by atoms with Gasteiger partial charge in [0.2, 0.25) is 0 Å². The van der Waals surface area contributed by atoms with E-state index in [0.717, 1.165) is 25.7 Å². The van der Waals surface area contributed by atoms with Crippen LogP contribution < -0.4 is 10.1 Å². The summed E-state index contributed by atoms with van der Waals surface area (Å²) >= 11 is 0. The summed E-state index contributed by atoms with van der Waals surface area (Å²) in [7, 11) is 0.475. The van der Waals surface area contributed by atoms with E-state index in [1.807, 2.05) is 5.32 Å². The molecule has 0 heterocycles. The summed E-state index contributed by atoms with van der Waals surface area (Å²) in [6.07, 6.45) is -1.45. The third kappa shape index (κ3) is 5.36. The third-order valence-electron chi connectivity index (χ3n) is 3.30. The van der Waals surface area contributed by atoms with Gasteiger partial charge in [0.15, 0.2) is 0 Å². The van der Waals surface area contributed by atoms with Gasteiger partial charge in [0.1, 0.15) is 5.75 Å². The van der Waals surface area contributed by atoms with Crippen molar-refractivity contribution >= 4 is 11.6 Å². The molecule has 8 heteroatoms. The van der Waals surface area contributed by atoms with E-state index in [-0.39, 0.29) is 5.69 Å². The largest absolute Gasteiger partial charge is 0.494 e. The molecule has 0 aliphatic carbocycles. The zero-order valence-electron chi connectivity index (χ0n) is 13.6. The summed E-state index contributed by atoms with van der Waals surface area (Å²) in [5.74, 6) is -5.99. The van der Waals surface area contributed by atoms with Crippen molar-refractivity contribution < 1.29 is 31.8 Å². The van der Waals surface area contributed by atoms with Gasteiger partial charge in [-0.05, 0) is 18.6 Å². The second kappa shape index (κ2) is 8.86. The highest BCUT2D eigenvalue weighted by atomic mass is 19.4. The van der Waals surface area contributed by atoms with Crippen molar-refractivity contribution in [3.63, 3.8) is 0 Å². The van der Waals surface area contributed by atoms with E-state index >= 15 is 0 Å². The lowest BCUT2D eigenvalue weighted by molar-refractivity contribution is -0.305. The van der Waals surface area contributed by atoms with E-state index in [2.05, 4.69) is 11.7 Å². The minimum absolute atomic E-state index is 0.0191. The number of halogens is 4. The van der Waals surface area contributed by atoms with E-state index in [9.17, 15) is 22.4 Å². The molecule has 1 aromatic rings. The molecule has 0 saturated heterocycles. The minimum atomic E-state index is -5.49. The number of amides is 1. The third-order valence-corrected chi connectivity index (χ3v) is 3.30. The second-order valence-electron chi connectivity index (χ2n) is 5.19. The quantitative estimate of drug-likeness (QED) is 0.528. The van der Waals surface area contributed by atoms with Crippen molar-refractivity contribution in [2.24, 2.45) is 0 Å². The second-order valence-corrected chi connectivity index (χ2v) is 5.19. The minimum Gasteiger partial charge on any atom is -0.494 e. The fourth-order valence-corrected chi connectivity index (χ4v) is 1.93. The molecular formula is C16H21F4NO3. The lowest BCUT2D eigenvalue weighted by atomic mass is 10.2. The van der Waals surface area contributed by atoms with Gasteiger partial charge in [0.05, 0.1) is 6.61 Å². The molecule has 1 amide bonds. The van der Waals surface area contributed by atoms with Crippen LogP contribution in [0.2, 0.25) is 0 Å². The standard InChI is InChI=1S/C16H21F4NO3/c1-3-4-5-6-10-24-13-9-7-8-12(11-13)21-14(22)15(17,23-2)16(18,19)20/h7-9,11H,3-6,10H2,1-2H3,(H,21,22)/t15-/m1/s1. The number of unbranched alkanes of at least 4 members (excludes halogenated alkanes) is 3. The number of anilines is 1. The molecule has 0 bridgehead atoms. The van der Waals surface area contributed by atoms with Gasteiger partial charge in [0, 0.05) is 18.9 Å². The molecule has 136 valence electrons. The first-order valence-electron chi connectivity index (χ1n) is 7.59. The molecule has 1 atom stereocenters. The monoisotopic (exact) mass is 351 g/mol. The number of alkyl halides is 4. The number of rotatable bonds is 9. The fraction of sp³-hybridized carbons (Fsp3) is 0.562. The maximum atomic E-state index is 13.7. The molecule has 1 aromatic carbocycles. The van der Waals surface area contributed by atoms with Crippen LogP contribution in [0.4, 0.5) is 23.2 Å². The Morgan fingerprint density at radius 3 is 2.46 bits per heavy atom. The number of methoxy groups -OCH3 is 1. The summed E-state index contributed by atoms with van der Waals surface area (Å²) in [6, 6.07) is 5.73. The first kappa shape index (κ1) is 20.2. The zero-order chi connectivity index (χ0) is 18.2. The highest BCUT2D eigenvalue weighted by Gasteiger charge is 2.63. The number of carbonyl (C=O) groups excluding carboxylic acids is 1. The van der Waals surface area contributed by atoms with Crippen molar-refractivity contribution in [3.05, 3.63) is 24.3 Å². The van der Waals surface area contributed by atoms with Gasteiger partial charge in [0.25, 0.3) is 5.91 Å². The van der Waals surface area contributed by atoms with Crippen LogP contribution in [0.3, 0.4) is 0 Å². The van der Waals surface area contributed by atoms with Gasteiger partial charge in [-0.15, -0.1) is 0 Å². The molecule has 0 fully saturated rings. The van der Waals surface area contributed by atoms with Crippen LogP contribution in [0, 0.1) is 0 Å². The van der Waals surface area contributed by atoms with Crippen molar-refractivity contribution in [2.45, 2.75) is 44.6 Å². The summed E-state index contributed by atoms with van der Waals surface area (Å²) in [5.41, 5.74) is -0.0191. The van der Waals surface area contributed by atoms with Gasteiger partial charge in [-0.3, -0.25) is 4.79 Å². The molecule has 4 nitrogen and oxygen atoms in total. The number of benzene rings is 1. The zero-order valence-corrected chi connectivity index (χ0v) is 13.6. The Labute approximate surface area is 138 Å². The Hall–Kier alpha value is -1.83. The predicted octanol–water partition coefficient (Wildman–Crippen LogP) is 4.46. The number of ether oxygens (including phenoxy) is 2. The predicted molar refractivity (Wildman–Crippen MR) is 81.6 cm³/mol. The van der Waals surface area contributed by atoms with Gasteiger partial charge in [-0.2, -0.15) is 17.6 Å². The number of carbonyl (C=O) groups is 1. The number of hydrogen-bond acceptors (Lipinski definition) is 3. The van der Waals surface area contributed by atoms with Crippen molar-refractivity contribution in [3.8, 4) is 5.75 Å². The molecule has 0 saturated carbocycles. The normalized spacial score (nSPS) is 14.1. The van der Waals surface area contributed by atoms with Crippen LogP contribution in [-0.4, -0.2) is 31.7 Å². The maximum Gasteiger partial charge on any atom is 0.458 e. The molecule has 0 aromatic heterocycles. The molecular weight excluding hydrogens is 330 g/mol. The first-order chi connectivity index (χ1) is 11.2. The summed E-state index contributed by atoms with van der Waals surface area (Å²) in [6.45, 7) is 2.53. The molecule has 0 aliphatic rings. The van der Waals surface area contributed by atoms with Crippen LogP contribution in [0.15, 0.2) is 24.3 Å². The van der Waals surface area contributed by atoms with E-state index < -0.39 is 17.9 Å². The Morgan fingerprint density at radius 1 is 1.17 bits per heavy atom. The van der Waals surface area contributed by atoms with Gasteiger partial charge in [-0.1, -0.05) is 32.3 Å². The van der Waals surface area contributed by atoms with E-state index in [0.29, 0.717) is 19.5 Å². The highest BCUT2D eigenvalue weighted by molar-refractivity contribution is 5.96. The Balaban J connectivity index is 2.68. The topological polar surface area (TPSA) is 47.6 Å². The molecule has 1 rings (SSSR count). The molecule has 0 spiro atoms. The van der Waals surface area contributed by atoms with Crippen molar-refractivity contribution in [1.82, 2.24) is 0 Å². The lowest BCUT2D eigenvalue weighted by Crippen LogP contribution is -2.52. The van der Waals surface area contributed by atoms with Crippen LogP contribution in [-0.2, 0) is 9.53 Å². The molecule has 0 unspecified atom stereocenters. The van der Waals surface area contributed by atoms with Crippen LogP contribution >= 0.6 is 0 Å². The smallest absolute Gasteiger partial charge is 0.458 e. The van der Waals surface area contributed by atoms with Crippen molar-refractivity contribution in [2.75, 3.05) is 19.0 Å². The fourth-order valence-electron chi connectivity index (χ4n) is 1.93. The number of nitrogens with one attached hydrogen (secondary N) is 1. The maximum absolute atomic E-state index is 13.7. The molecule has 0 radical (unpaired) electrons. The molecule has 24 heavy (non-hydrogen) atoms. The number of hydrogen-bond donors (Lipinski definition) is 1. The van der Waals surface area contributed by atoms with Crippen LogP contribution in [0.5, 0.6) is 5.75 Å². The van der Waals surface area contributed by atoms with Crippen LogP contribution in [0.1, 0.15) is 32.6 Å². The van der Waals surface area contributed by atoms with Crippen LogP contribution in [0.25, 0.3) is 0 Å².